The number of hydrogen-bond acceptors (Lipinski definition) is 4. The summed E-state index contributed by atoms with van der Waals surface area (Å²) in [6.07, 6.45) is 1.27. The fourth-order valence-corrected chi connectivity index (χ4v) is 2.43. The highest BCUT2D eigenvalue weighted by Crippen LogP contribution is 2.08. The Hall–Kier alpha value is -2.21. The number of fused-ring (bicyclic) bond motifs is 1. The van der Waals surface area contributed by atoms with Gasteiger partial charge < -0.3 is 10.2 Å². The lowest BCUT2D eigenvalue weighted by Gasteiger charge is -2.27. The second-order valence-electron chi connectivity index (χ2n) is 4.80. The van der Waals surface area contributed by atoms with E-state index in [4.69, 9.17) is 0 Å². The van der Waals surface area contributed by atoms with Gasteiger partial charge >= 0.3 is 0 Å². The summed E-state index contributed by atoms with van der Waals surface area (Å²) >= 11 is 0. The molecule has 2 heterocycles. The fraction of sp³-hybridized carbons (Fsp3) is 0.357. The number of carbonyl (C=O) groups is 1. The Kier molecular flexibility index (Phi) is 3.47. The summed E-state index contributed by atoms with van der Waals surface area (Å²) in [5.74, 6) is -0.0232. The quantitative estimate of drug-likeness (QED) is 0.824. The molecule has 6 heteroatoms. The Balaban J connectivity index is 1.92. The van der Waals surface area contributed by atoms with Crippen molar-refractivity contribution in [3.63, 3.8) is 0 Å². The summed E-state index contributed by atoms with van der Waals surface area (Å²) in [4.78, 5) is 30.1. The molecule has 0 radical (unpaired) electrons. The molecule has 1 saturated heterocycles. The van der Waals surface area contributed by atoms with E-state index in [1.54, 1.807) is 4.90 Å². The molecule has 3 rings (SSSR count). The van der Waals surface area contributed by atoms with Gasteiger partial charge in [0.15, 0.2) is 0 Å². The van der Waals surface area contributed by atoms with Crippen LogP contribution < -0.4 is 10.9 Å². The molecule has 1 aliphatic rings. The van der Waals surface area contributed by atoms with Crippen LogP contribution in [0, 0.1) is 0 Å². The van der Waals surface area contributed by atoms with Crippen molar-refractivity contribution < 1.29 is 4.79 Å². The maximum absolute atomic E-state index is 12.3. The second-order valence-corrected chi connectivity index (χ2v) is 4.80. The van der Waals surface area contributed by atoms with Crippen LogP contribution in [0.2, 0.25) is 0 Å². The zero-order valence-corrected chi connectivity index (χ0v) is 11.1. The normalized spacial score (nSPS) is 15.5. The van der Waals surface area contributed by atoms with Gasteiger partial charge in [0.05, 0.1) is 17.2 Å². The summed E-state index contributed by atoms with van der Waals surface area (Å²) in [5.41, 5.74) is 1.18. The van der Waals surface area contributed by atoms with E-state index in [1.807, 2.05) is 24.3 Å². The standard InChI is InChI=1S/C14H16N4O2/c19-13-9-16-11-3-1-2-4-12(11)18(13)10-14(20)17-7-5-15-6-8-17/h1-4,9,15H,5-8,10H2. The predicted octanol–water partition coefficient (Wildman–Crippen LogP) is -0.172. The Morgan fingerprint density at radius 2 is 2.00 bits per heavy atom. The fourth-order valence-electron chi connectivity index (χ4n) is 2.43. The number of carbonyl (C=O) groups excluding carboxylic acids is 1. The SMILES string of the molecule is O=C(Cn1c(=O)cnc2ccccc21)N1CCNCC1. The Labute approximate surface area is 116 Å². The minimum absolute atomic E-state index is 0.0232. The first-order valence-corrected chi connectivity index (χ1v) is 6.69. The van der Waals surface area contributed by atoms with Crippen molar-refractivity contribution in [1.82, 2.24) is 19.8 Å². The number of benzene rings is 1. The van der Waals surface area contributed by atoms with E-state index in [0.29, 0.717) is 18.6 Å². The number of para-hydroxylation sites is 2. The summed E-state index contributed by atoms with van der Waals surface area (Å²) in [5, 5.41) is 3.20. The Morgan fingerprint density at radius 3 is 2.80 bits per heavy atom. The predicted molar refractivity (Wildman–Crippen MR) is 75.5 cm³/mol. The molecular formula is C14H16N4O2. The number of rotatable bonds is 2. The number of hydrogen-bond donors (Lipinski definition) is 1. The molecule has 1 aromatic heterocycles. The zero-order chi connectivity index (χ0) is 13.9. The van der Waals surface area contributed by atoms with Crippen LogP contribution in [0.25, 0.3) is 11.0 Å². The van der Waals surface area contributed by atoms with Crippen molar-refractivity contribution >= 4 is 16.9 Å². The minimum atomic E-state index is -0.243. The first-order valence-electron chi connectivity index (χ1n) is 6.69. The smallest absolute Gasteiger partial charge is 0.269 e. The van der Waals surface area contributed by atoms with Gasteiger partial charge in [0.2, 0.25) is 5.91 Å². The number of aromatic nitrogens is 2. The number of amides is 1. The van der Waals surface area contributed by atoms with Crippen molar-refractivity contribution in [2.24, 2.45) is 0 Å². The molecule has 0 atom stereocenters. The molecule has 1 aromatic carbocycles. The Bertz CT molecular complexity index is 689. The zero-order valence-electron chi connectivity index (χ0n) is 11.1. The van der Waals surface area contributed by atoms with E-state index >= 15 is 0 Å². The van der Waals surface area contributed by atoms with Crippen LogP contribution in [0.15, 0.2) is 35.3 Å². The average molecular weight is 272 g/mol. The van der Waals surface area contributed by atoms with Gasteiger partial charge in [0.25, 0.3) is 5.56 Å². The van der Waals surface area contributed by atoms with Gasteiger partial charge in [-0.2, -0.15) is 0 Å². The van der Waals surface area contributed by atoms with Crippen LogP contribution in [-0.4, -0.2) is 46.5 Å². The lowest BCUT2D eigenvalue weighted by atomic mass is 10.3. The summed E-state index contributed by atoms with van der Waals surface area (Å²) in [6.45, 7) is 3.06. The lowest BCUT2D eigenvalue weighted by Crippen LogP contribution is -2.48. The van der Waals surface area contributed by atoms with Gasteiger partial charge in [-0.3, -0.25) is 14.2 Å². The van der Waals surface area contributed by atoms with E-state index < -0.39 is 0 Å². The van der Waals surface area contributed by atoms with E-state index in [9.17, 15) is 9.59 Å². The maximum Gasteiger partial charge on any atom is 0.269 e. The minimum Gasteiger partial charge on any atom is -0.339 e. The molecular weight excluding hydrogens is 256 g/mol. The van der Waals surface area contributed by atoms with Crippen LogP contribution in [0.5, 0.6) is 0 Å². The second kappa shape index (κ2) is 5.42. The highest BCUT2D eigenvalue weighted by molar-refractivity contribution is 5.80. The van der Waals surface area contributed by atoms with Crippen LogP contribution in [0.4, 0.5) is 0 Å². The molecule has 0 aliphatic carbocycles. The van der Waals surface area contributed by atoms with Gasteiger partial charge in [-0.1, -0.05) is 12.1 Å². The van der Waals surface area contributed by atoms with E-state index in [2.05, 4.69) is 10.3 Å². The molecule has 104 valence electrons. The monoisotopic (exact) mass is 272 g/mol. The summed E-state index contributed by atoms with van der Waals surface area (Å²) in [6, 6.07) is 7.35. The highest BCUT2D eigenvalue weighted by Gasteiger charge is 2.17. The molecule has 0 saturated carbocycles. The van der Waals surface area contributed by atoms with Crippen LogP contribution in [0.3, 0.4) is 0 Å². The molecule has 2 aromatic rings. The van der Waals surface area contributed by atoms with Gasteiger partial charge in [-0.25, -0.2) is 4.98 Å². The van der Waals surface area contributed by atoms with E-state index in [1.165, 1.54) is 10.8 Å². The molecule has 0 bridgehead atoms. The molecule has 0 unspecified atom stereocenters. The van der Waals surface area contributed by atoms with E-state index in [0.717, 1.165) is 18.6 Å². The molecule has 1 aliphatic heterocycles. The van der Waals surface area contributed by atoms with Gasteiger partial charge in [-0.05, 0) is 12.1 Å². The van der Waals surface area contributed by atoms with Crippen molar-refractivity contribution in [1.29, 1.82) is 0 Å². The number of nitrogens with zero attached hydrogens (tertiary/aromatic N) is 3. The third kappa shape index (κ3) is 2.42. The van der Waals surface area contributed by atoms with Gasteiger partial charge in [0.1, 0.15) is 6.54 Å². The third-order valence-electron chi connectivity index (χ3n) is 3.52. The van der Waals surface area contributed by atoms with Gasteiger partial charge in [-0.15, -0.1) is 0 Å². The van der Waals surface area contributed by atoms with Gasteiger partial charge in [0, 0.05) is 26.2 Å². The molecule has 0 spiro atoms. The highest BCUT2D eigenvalue weighted by atomic mass is 16.2. The lowest BCUT2D eigenvalue weighted by molar-refractivity contribution is -0.132. The number of nitrogens with one attached hydrogen (secondary N) is 1. The van der Waals surface area contributed by atoms with Crippen molar-refractivity contribution in [2.75, 3.05) is 26.2 Å². The Morgan fingerprint density at radius 1 is 1.25 bits per heavy atom. The summed E-state index contributed by atoms with van der Waals surface area (Å²) in [7, 11) is 0. The molecule has 1 amide bonds. The van der Waals surface area contributed by atoms with Crippen LogP contribution in [0.1, 0.15) is 0 Å². The largest absolute Gasteiger partial charge is 0.339 e. The summed E-state index contributed by atoms with van der Waals surface area (Å²) < 4.78 is 1.49. The molecule has 1 N–H and O–H groups in total. The van der Waals surface area contributed by atoms with Crippen molar-refractivity contribution in [3.05, 3.63) is 40.8 Å². The van der Waals surface area contributed by atoms with Crippen LogP contribution >= 0.6 is 0 Å². The van der Waals surface area contributed by atoms with E-state index in [-0.39, 0.29) is 18.0 Å². The molecule has 20 heavy (non-hydrogen) atoms. The third-order valence-corrected chi connectivity index (χ3v) is 3.52. The molecule has 6 nitrogen and oxygen atoms in total. The maximum atomic E-state index is 12.3. The topological polar surface area (TPSA) is 67.2 Å². The van der Waals surface area contributed by atoms with Crippen molar-refractivity contribution in [3.8, 4) is 0 Å². The average Bonchev–Trinajstić information content (AvgIpc) is 2.51. The first-order chi connectivity index (χ1) is 9.75. The number of piperazine rings is 1. The first kappa shape index (κ1) is 12.8. The van der Waals surface area contributed by atoms with Crippen molar-refractivity contribution in [2.45, 2.75) is 6.54 Å². The van der Waals surface area contributed by atoms with Crippen LogP contribution in [-0.2, 0) is 11.3 Å². The molecule has 1 fully saturated rings.